The van der Waals surface area contributed by atoms with E-state index in [4.69, 9.17) is 0 Å². The minimum absolute atomic E-state index is 0.0633. The second-order valence-corrected chi connectivity index (χ2v) is 6.38. The van der Waals surface area contributed by atoms with E-state index < -0.39 is 0 Å². The molecule has 1 fully saturated rings. The van der Waals surface area contributed by atoms with Crippen LogP contribution in [-0.2, 0) is 16.0 Å². The van der Waals surface area contributed by atoms with Crippen molar-refractivity contribution in [3.8, 4) is 0 Å². The predicted octanol–water partition coefficient (Wildman–Crippen LogP) is 3.44. The molecule has 0 atom stereocenters. The van der Waals surface area contributed by atoms with Gasteiger partial charge >= 0.3 is 0 Å². The SMILES string of the molecule is CCc1ccc(N(CC(=O)NC2CCCCCC2)C(C)=O)cc1. The molecule has 0 radical (unpaired) electrons. The fourth-order valence-electron chi connectivity index (χ4n) is 3.14. The van der Waals surface area contributed by atoms with Crippen LogP contribution < -0.4 is 10.2 Å². The van der Waals surface area contributed by atoms with Crippen LogP contribution in [0.2, 0.25) is 0 Å². The Bertz CT molecular complexity index is 517. The van der Waals surface area contributed by atoms with Gasteiger partial charge in [0, 0.05) is 18.7 Å². The first-order chi connectivity index (χ1) is 11.1. The zero-order valence-corrected chi connectivity index (χ0v) is 14.3. The number of hydrogen-bond acceptors (Lipinski definition) is 2. The molecular weight excluding hydrogens is 288 g/mol. The maximum Gasteiger partial charge on any atom is 0.240 e. The molecule has 1 aromatic carbocycles. The number of aryl methyl sites for hydroxylation is 1. The smallest absolute Gasteiger partial charge is 0.240 e. The average Bonchev–Trinajstić information content (AvgIpc) is 2.81. The van der Waals surface area contributed by atoms with E-state index in [9.17, 15) is 9.59 Å². The van der Waals surface area contributed by atoms with E-state index in [1.807, 2.05) is 24.3 Å². The van der Waals surface area contributed by atoms with Crippen LogP contribution in [-0.4, -0.2) is 24.4 Å². The molecule has 4 nitrogen and oxygen atoms in total. The predicted molar refractivity (Wildman–Crippen MR) is 93.5 cm³/mol. The molecule has 1 N–H and O–H groups in total. The summed E-state index contributed by atoms with van der Waals surface area (Å²) in [5.41, 5.74) is 2.01. The summed E-state index contributed by atoms with van der Waals surface area (Å²) >= 11 is 0. The monoisotopic (exact) mass is 316 g/mol. The van der Waals surface area contributed by atoms with Crippen LogP contribution in [0.15, 0.2) is 24.3 Å². The first-order valence-electron chi connectivity index (χ1n) is 8.76. The van der Waals surface area contributed by atoms with Gasteiger partial charge in [-0.15, -0.1) is 0 Å². The molecule has 126 valence electrons. The van der Waals surface area contributed by atoms with Crippen LogP contribution in [0.3, 0.4) is 0 Å². The lowest BCUT2D eigenvalue weighted by atomic mass is 10.1. The minimum atomic E-state index is -0.106. The van der Waals surface area contributed by atoms with Gasteiger partial charge in [-0.2, -0.15) is 0 Å². The van der Waals surface area contributed by atoms with Crippen molar-refractivity contribution in [3.63, 3.8) is 0 Å². The van der Waals surface area contributed by atoms with Gasteiger partial charge in [-0.05, 0) is 37.0 Å². The summed E-state index contributed by atoms with van der Waals surface area (Å²) in [6.45, 7) is 3.70. The molecule has 0 aromatic heterocycles. The molecule has 1 aromatic rings. The first-order valence-corrected chi connectivity index (χ1v) is 8.76. The zero-order valence-electron chi connectivity index (χ0n) is 14.3. The minimum Gasteiger partial charge on any atom is -0.352 e. The van der Waals surface area contributed by atoms with Crippen molar-refractivity contribution >= 4 is 17.5 Å². The Morgan fingerprint density at radius 3 is 2.22 bits per heavy atom. The number of rotatable bonds is 5. The lowest BCUT2D eigenvalue weighted by Crippen LogP contribution is -2.43. The number of benzene rings is 1. The summed E-state index contributed by atoms with van der Waals surface area (Å²) in [4.78, 5) is 25.8. The molecule has 1 aliphatic carbocycles. The van der Waals surface area contributed by atoms with Gasteiger partial charge in [0.2, 0.25) is 11.8 Å². The summed E-state index contributed by atoms with van der Waals surface area (Å²) < 4.78 is 0. The Morgan fingerprint density at radius 2 is 1.70 bits per heavy atom. The van der Waals surface area contributed by atoms with E-state index >= 15 is 0 Å². The lowest BCUT2D eigenvalue weighted by Gasteiger charge is -2.23. The maximum absolute atomic E-state index is 12.3. The Morgan fingerprint density at radius 1 is 1.09 bits per heavy atom. The number of nitrogens with zero attached hydrogens (tertiary/aromatic N) is 1. The maximum atomic E-state index is 12.3. The summed E-state index contributed by atoms with van der Waals surface area (Å²) in [5.74, 6) is -0.170. The van der Waals surface area contributed by atoms with Gasteiger partial charge in [0.1, 0.15) is 6.54 Å². The Hall–Kier alpha value is -1.84. The number of anilines is 1. The van der Waals surface area contributed by atoms with Crippen molar-refractivity contribution in [1.29, 1.82) is 0 Å². The van der Waals surface area contributed by atoms with E-state index in [0.717, 1.165) is 24.9 Å². The molecule has 0 heterocycles. The molecule has 2 amide bonds. The standard InChI is InChI=1S/C19H28N2O2/c1-3-16-10-12-18(13-11-16)21(15(2)22)14-19(23)20-17-8-6-4-5-7-9-17/h10-13,17H,3-9,14H2,1-2H3,(H,20,23). The zero-order chi connectivity index (χ0) is 16.7. The fourth-order valence-corrected chi connectivity index (χ4v) is 3.14. The van der Waals surface area contributed by atoms with Crippen LogP contribution in [0, 0.1) is 0 Å². The third kappa shape index (κ3) is 5.38. The van der Waals surface area contributed by atoms with Crippen LogP contribution in [0.1, 0.15) is 57.9 Å². The van der Waals surface area contributed by atoms with Crippen LogP contribution >= 0.6 is 0 Å². The van der Waals surface area contributed by atoms with E-state index in [1.54, 1.807) is 4.90 Å². The quantitative estimate of drug-likeness (QED) is 0.846. The van der Waals surface area contributed by atoms with Crippen LogP contribution in [0.4, 0.5) is 5.69 Å². The molecule has 0 spiro atoms. The Kier molecular flexibility index (Phi) is 6.63. The average molecular weight is 316 g/mol. The highest BCUT2D eigenvalue weighted by molar-refractivity contribution is 5.97. The molecule has 1 aliphatic rings. The highest BCUT2D eigenvalue weighted by atomic mass is 16.2. The molecule has 23 heavy (non-hydrogen) atoms. The summed E-state index contributed by atoms with van der Waals surface area (Å²) in [5, 5.41) is 3.10. The third-order valence-electron chi connectivity index (χ3n) is 4.56. The van der Waals surface area contributed by atoms with Gasteiger partial charge < -0.3 is 10.2 Å². The largest absolute Gasteiger partial charge is 0.352 e. The van der Waals surface area contributed by atoms with Gasteiger partial charge in [0.15, 0.2) is 0 Å². The van der Waals surface area contributed by atoms with Gasteiger partial charge in [0.25, 0.3) is 0 Å². The third-order valence-corrected chi connectivity index (χ3v) is 4.56. The number of amides is 2. The Balaban J connectivity index is 1.97. The molecule has 0 saturated heterocycles. The Labute approximate surface area is 139 Å². The van der Waals surface area contributed by atoms with Crippen molar-refractivity contribution in [1.82, 2.24) is 5.32 Å². The number of carbonyl (C=O) groups excluding carboxylic acids is 2. The van der Waals surface area contributed by atoms with Crippen molar-refractivity contribution < 1.29 is 9.59 Å². The van der Waals surface area contributed by atoms with E-state index in [-0.39, 0.29) is 24.4 Å². The van der Waals surface area contributed by atoms with Crippen molar-refractivity contribution in [2.75, 3.05) is 11.4 Å². The van der Waals surface area contributed by atoms with Crippen LogP contribution in [0.5, 0.6) is 0 Å². The van der Waals surface area contributed by atoms with Crippen molar-refractivity contribution in [2.45, 2.75) is 64.8 Å². The van der Waals surface area contributed by atoms with Gasteiger partial charge in [0.05, 0.1) is 0 Å². The first kappa shape index (κ1) is 17.5. The van der Waals surface area contributed by atoms with Crippen molar-refractivity contribution in [2.24, 2.45) is 0 Å². The summed E-state index contributed by atoms with van der Waals surface area (Å²) in [6.07, 6.45) is 7.95. The van der Waals surface area contributed by atoms with Gasteiger partial charge in [-0.25, -0.2) is 0 Å². The second kappa shape index (κ2) is 8.70. The molecule has 4 heteroatoms. The topological polar surface area (TPSA) is 49.4 Å². The molecule has 2 rings (SSSR count). The highest BCUT2D eigenvalue weighted by Gasteiger charge is 2.19. The van der Waals surface area contributed by atoms with Gasteiger partial charge in [-0.3, -0.25) is 9.59 Å². The molecular formula is C19H28N2O2. The number of carbonyl (C=O) groups is 2. The van der Waals surface area contributed by atoms with Crippen molar-refractivity contribution in [3.05, 3.63) is 29.8 Å². The van der Waals surface area contributed by atoms with Gasteiger partial charge in [-0.1, -0.05) is 44.7 Å². The second-order valence-electron chi connectivity index (χ2n) is 6.38. The highest BCUT2D eigenvalue weighted by Crippen LogP contribution is 2.18. The normalized spacial score (nSPS) is 15.7. The molecule has 0 unspecified atom stereocenters. The number of hydrogen-bond donors (Lipinski definition) is 1. The van der Waals surface area contributed by atoms with E-state index in [2.05, 4.69) is 12.2 Å². The number of nitrogens with one attached hydrogen (secondary N) is 1. The fraction of sp³-hybridized carbons (Fsp3) is 0.579. The lowest BCUT2D eigenvalue weighted by molar-refractivity contribution is -0.123. The van der Waals surface area contributed by atoms with Crippen LogP contribution in [0.25, 0.3) is 0 Å². The molecule has 0 aliphatic heterocycles. The molecule has 0 bridgehead atoms. The van der Waals surface area contributed by atoms with E-state index in [1.165, 1.54) is 38.2 Å². The summed E-state index contributed by atoms with van der Waals surface area (Å²) in [7, 11) is 0. The summed E-state index contributed by atoms with van der Waals surface area (Å²) in [6, 6.07) is 8.11. The molecule has 1 saturated carbocycles. The van der Waals surface area contributed by atoms with E-state index in [0.29, 0.717) is 0 Å².